The van der Waals surface area contributed by atoms with E-state index in [9.17, 15) is 28.8 Å². The molecule has 15 rings (SSSR count). The Kier molecular flexibility index (Phi) is 31.4. The Morgan fingerprint density at radius 3 is 0.860 bits per heavy atom. The lowest BCUT2D eigenvalue weighted by atomic mass is 9.76. The number of fused-ring (bicyclic) bond motifs is 6. The van der Waals surface area contributed by atoms with Crippen LogP contribution in [0.5, 0.6) is 0 Å². The molecule has 3 aromatic carbocycles. The SMILES string of the molecule is C.CCC(=O)N1CCC(CC(=O)N2CCC([C@H]3c4ncc(Br)cc4CCc4cc(Cl)cc(Br)c43)CC2)CC1.C[C@@H](N)C(=O)N1CCC(CC(=O)N2CCC([C@H]3c4ncc(Br)cc4CCc4cc(Cl)cc(Br)c43)CC2)CC1.C[C@H](N)C(=O)N1CCC(CC(=O)N2CCC([C@H]3c4ncc(Br)cc4CCc4cc(Cl)cc(Br)c43)CC2)CC1. The normalized spacial score (nSPS) is 21.1. The molecule has 3 aliphatic carbocycles. The van der Waals surface area contributed by atoms with Gasteiger partial charge in [0.25, 0.3) is 0 Å². The van der Waals surface area contributed by atoms with Gasteiger partial charge in [0.1, 0.15) is 0 Å². The van der Waals surface area contributed by atoms with E-state index in [2.05, 4.69) is 147 Å². The van der Waals surface area contributed by atoms with Crippen LogP contribution < -0.4 is 11.5 Å². The molecule has 6 aliphatic heterocycles. The Bertz CT molecular complexity index is 4280. The van der Waals surface area contributed by atoms with Crippen LogP contribution in [0, 0.1) is 35.5 Å². The van der Waals surface area contributed by atoms with E-state index in [-0.39, 0.29) is 60.6 Å². The highest BCUT2D eigenvalue weighted by molar-refractivity contribution is 9.11. The first-order chi connectivity index (χ1) is 54.2. The molecule has 9 aliphatic rings. The van der Waals surface area contributed by atoms with Crippen molar-refractivity contribution in [2.45, 2.75) is 199 Å². The van der Waals surface area contributed by atoms with Gasteiger partial charge in [0, 0.05) is 182 Å². The molecule has 6 aromatic rings. The molecule has 0 radical (unpaired) electrons. The zero-order valence-electron chi connectivity index (χ0n) is 64.9. The summed E-state index contributed by atoms with van der Waals surface area (Å²) < 4.78 is 6.18. The molecule has 9 heterocycles. The van der Waals surface area contributed by atoms with E-state index in [1.807, 2.05) is 58.4 Å². The van der Waals surface area contributed by atoms with Crippen molar-refractivity contribution >= 4 is 166 Å². The van der Waals surface area contributed by atoms with Crippen LogP contribution in [-0.4, -0.2) is 170 Å². The van der Waals surface area contributed by atoms with Crippen molar-refractivity contribution in [2.75, 3.05) is 78.5 Å². The van der Waals surface area contributed by atoms with E-state index in [4.69, 9.17) is 61.2 Å². The lowest BCUT2D eigenvalue weighted by molar-refractivity contribution is -0.137. The molecule has 6 saturated heterocycles. The van der Waals surface area contributed by atoms with Crippen LogP contribution in [0.3, 0.4) is 0 Å². The topological polar surface area (TPSA) is 213 Å². The molecule has 0 bridgehead atoms. The van der Waals surface area contributed by atoms with Gasteiger partial charge >= 0.3 is 0 Å². The number of aromatic nitrogens is 3. The summed E-state index contributed by atoms with van der Waals surface area (Å²) in [5, 5.41) is 2.26. The average molecular weight is 2000 g/mol. The second-order valence-electron chi connectivity index (χ2n) is 33.0. The monoisotopic (exact) mass is 1990 g/mol. The average Bonchev–Trinajstić information content (AvgIpc) is 1.54. The smallest absolute Gasteiger partial charge is 0.239 e. The number of piperidine rings is 6. The number of carbonyl (C=O) groups is 6. The first-order valence-electron chi connectivity index (χ1n) is 40.8. The molecule has 114 heavy (non-hydrogen) atoms. The Hall–Kier alpha value is -4.40. The van der Waals surface area contributed by atoms with Gasteiger partial charge in [-0.2, -0.15) is 0 Å². The summed E-state index contributed by atoms with van der Waals surface area (Å²) in [5.41, 5.74) is 26.7. The van der Waals surface area contributed by atoms with Gasteiger partial charge in [0.05, 0.1) is 29.2 Å². The number of halogens is 9. The number of nitrogens with zero attached hydrogens (tertiary/aromatic N) is 9. The van der Waals surface area contributed by atoms with Gasteiger partial charge in [-0.05, 0) is 317 Å². The number of nitrogens with two attached hydrogens (primary N) is 2. The minimum atomic E-state index is -0.462. The minimum Gasteiger partial charge on any atom is -0.343 e. The first kappa shape index (κ1) is 88.9. The summed E-state index contributed by atoms with van der Waals surface area (Å²) in [7, 11) is 0. The predicted molar refractivity (Wildman–Crippen MR) is 475 cm³/mol. The number of likely N-dealkylation sites (tertiary alicyclic amines) is 6. The molecule has 5 atom stereocenters. The third kappa shape index (κ3) is 21.3. The molecule has 6 fully saturated rings. The van der Waals surface area contributed by atoms with Crippen LogP contribution in [0.15, 0.2) is 100 Å². The Morgan fingerprint density at radius 2 is 0.605 bits per heavy atom. The predicted octanol–water partition coefficient (Wildman–Crippen LogP) is 18.8. The summed E-state index contributed by atoms with van der Waals surface area (Å²) in [6, 6.07) is 18.1. The molecular weight excluding hydrogens is 1890 g/mol. The second kappa shape index (κ2) is 40.3. The summed E-state index contributed by atoms with van der Waals surface area (Å²) in [6.07, 6.45) is 24.7. The van der Waals surface area contributed by atoms with E-state index in [1.165, 1.54) is 55.8 Å². The van der Waals surface area contributed by atoms with Gasteiger partial charge in [-0.25, -0.2) is 0 Å². The standard InChI is InChI=1S/2C29H35Br2ClN4O2.C29H34Br2ClN3O2.CH4/c2*1-17(33)29(38)36-8-4-18(5-9-36)12-25(37)35-10-6-19(7-11-35)27-26-20(14-23(32)15-24(26)31)2-3-21-13-22(30)16-34-28(21)27;1-2-25(36)34-9-5-18(6-10-34)13-26(37)35-11-7-19(8-12-35)28-27-20(15-23(32)16-24(27)31)3-4-21-14-22(30)17-33-29(21)28;/h2*13-19,27H,2-12,33H2,1H3;14-19,28H,2-13H2,1H3;1H4/t17-,27+;17-,27-;28-;/m011./s1. The van der Waals surface area contributed by atoms with Crippen molar-refractivity contribution in [3.05, 3.63) is 182 Å². The summed E-state index contributed by atoms with van der Waals surface area (Å²) >= 11 is 41.7. The number of benzene rings is 3. The second-order valence-corrected chi connectivity index (χ2v) is 39.6. The molecular formula is C88H108Br6Cl3N11O6. The summed E-state index contributed by atoms with van der Waals surface area (Å²) in [5.74, 6) is 3.80. The van der Waals surface area contributed by atoms with Crippen LogP contribution in [0.1, 0.15) is 216 Å². The third-order valence-corrected chi connectivity index (χ3v) is 29.6. The quantitative estimate of drug-likeness (QED) is 0.118. The van der Waals surface area contributed by atoms with E-state index in [0.29, 0.717) is 87.4 Å². The molecule has 17 nitrogen and oxygen atoms in total. The number of carbonyl (C=O) groups excluding carboxylic acids is 6. The molecule has 26 heteroatoms. The third-order valence-electron chi connectivity index (χ3n) is 25.6. The van der Waals surface area contributed by atoms with Gasteiger partial charge in [-0.1, -0.05) is 96.9 Å². The molecule has 4 N–H and O–H groups in total. The van der Waals surface area contributed by atoms with Gasteiger partial charge in [-0.15, -0.1) is 0 Å². The fourth-order valence-corrected chi connectivity index (χ4v) is 24.1. The number of hydrogen-bond donors (Lipinski definition) is 2. The maximum absolute atomic E-state index is 13.2. The van der Waals surface area contributed by atoms with Crippen molar-refractivity contribution in [3.63, 3.8) is 0 Å². The van der Waals surface area contributed by atoms with Gasteiger partial charge in [-0.3, -0.25) is 43.7 Å². The summed E-state index contributed by atoms with van der Waals surface area (Å²) in [4.78, 5) is 103. The lowest BCUT2D eigenvalue weighted by Crippen LogP contribution is -2.46. The Labute approximate surface area is 739 Å². The van der Waals surface area contributed by atoms with Gasteiger partial charge < -0.3 is 40.9 Å². The minimum absolute atomic E-state index is 0. The lowest BCUT2D eigenvalue weighted by Gasteiger charge is -2.38. The van der Waals surface area contributed by atoms with E-state index >= 15 is 0 Å². The highest BCUT2D eigenvalue weighted by Crippen LogP contribution is 2.51. The number of amides is 6. The van der Waals surface area contributed by atoms with E-state index in [0.717, 1.165) is 221 Å². The Morgan fingerprint density at radius 1 is 0.368 bits per heavy atom. The maximum Gasteiger partial charge on any atom is 0.239 e. The summed E-state index contributed by atoms with van der Waals surface area (Å²) in [6.45, 7) is 14.4. The number of rotatable bonds is 12. The fourth-order valence-electron chi connectivity index (χ4n) is 19.6. The van der Waals surface area contributed by atoms with E-state index < -0.39 is 12.1 Å². The van der Waals surface area contributed by atoms with Crippen molar-refractivity contribution in [3.8, 4) is 0 Å². The number of aryl methyl sites for hydroxylation is 6. The molecule has 0 spiro atoms. The van der Waals surface area contributed by atoms with Crippen molar-refractivity contribution in [2.24, 2.45) is 47.0 Å². The largest absolute Gasteiger partial charge is 0.343 e. The van der Waals surface area contributed by atoms with Crippen LogP contribution in [0.4, 0.5) is 0 Å². The molecule has 3 aromatic heterocycles. The highest BCUT2D eigenvalue weighted by atomic mass is 79.9. The van der Waals surface area contributed by atoms with Crippen molar-refractivity contribution < 1.29 is 28.8 Å². The molecule has 0 saturated carbocycles. The fraction of sp³-hybridized carbons (Fsp3) is 0.557. The molecule has 0 unspecified atom stereocenters. The van der Waals surface area contributed by atoms with Crippen molar-refractivity contribution in [1.29, 1.82) is 0 Å². The number of pyridine rings is 3. The van der Waals surface area contributed by atoms with Crippen LogP contribution in [0.25, 0.3) is 0 Å². The maximum atomic E-state index is 13.2. The first-order valence-corrected chi connectivity index (χ1v) is 46.7. The van der Waals surface area contributed by atoms with Gasteiger partial charge in [0.15, 0.2) is 0 Å². The van der Waals surface area contributed by atoms with Crippen LogP contribution in [-0.2, 0) is 67.3 Å². The Balaban J connectivity index is 0.000000157. The van der Waals surface area contributed by atoms with E-state index in [1.54, 1.807) is 13.8 Å². The number of hydrogen-bond acceptors (Lipinski definition) is 11. The molecule has 6 amide bonds. The van der Waals surface area contributed by atoms with Crippen LogP contribution >= 0.6 is 130 Å². The zero-order valence-corrected chi connectivity index (χ0v) is 76.6. The van der Waals surface area contributed by atoms with Crippen LogP contribution in [0.2, 0.25) is 15.1 Å². The van der Waals surface area contributed by atoms with Crippen molar-refractivity contribution in [1.82, 2.24) is 44.4 Å². The van der Waals surface area contributed by atoms with Gasteiger partial charge in [0.2, 0.25) is 35.4 Å². The zero-order chi connectivity index (χ0) is 80.1. The molecule has 614 valence electrons. The highest BCUT2D eigenvalue weighted by Gasteiger charge is 2.42.